The van der Waals surface area contributed by atoms with E-state index in [1.807, 2.05) is 23.5 Å². The first-order valence-electron chi connectivity index (χ1n) is 4.80. The van der Waals surface area contributed by atoms with E-state index < -0.39 is 0 Å². The van der Waals surface area contributed by atoms with E-state index in [0.29, 0.717) is 27.4 Å². The summed E-state index contributed by atoms with van der Waals surface area (Å²) in [7, 11) is 0. The minimum absolute atomic E-state index is 0.220. The van der Waals surface area contributed by atoms with Crippen LogP contribution in [0.25, 0.3) is 0 Å². The fourth-order valence-electron chi connectivity index (χ4n) is 1.15. The zero-order valence-corrected chi connectivity index (χ0v) is 12.6. The van der Waals surface area contributed by atoms with Crippen molar-refractivity contribution in [3.63, 3.8) is 0 Å². The van der Waals surface area contributed by atoms with E-state index in [4.69, 9.17) is 11.6 Å². The Morgan fingerprint density at radius 3 is 3.00 bits per heavy atom. The van der Waals surface area contributed by atoms with Crippen molar-refractivity contribution in [3.8, 4) is 0 Å². The molecule has 6 heteroatoms. The summed E-state index contributed by atoms with van der Waals surface area (Å²) in [5.41, 5.74) is 0. The first-order chi connectivity index (χ1) is 7.13. The first-order valence-corrected chi connectivity index (χ1v) is 8.83. The lowest BCUT2D eigenvalue weighted by Crippen LogP contribution is -2.10. The molecule has 3 atom stereocenters. The molecule has 0 aromatic heterocycles. The third-order valence-corrected chi connectivity index (χ3v) is 7.77. The topological polar surface area (TPSA) is 17.1 Å². The molecule has 3 unspecified atom stereocenters. The van der Waals surface area contributed by atoms with E-state index in [0.717, 1.165) is 11.5 Å². The quantitative estimate of drug-likeness (QED) is 0.619. The van der Waals surface area contributed by atoms with E-state index in [2.05, 4.69) is 19.6 Å². The molecule has 88 valence electrons. The van der Waals surface area contributed by atoms with Crippen LogP contribution in [0.4, 0.5) is 0 Å². The fraction of sp³-hybridized carbons (Fsp3) is 0.889. The maximum absolute atomic E-state index is 11.3. The standard InChI is InChI=1S/C9H15ClOS4/c1-6(12)9-14-5-7(15-9)4-13-8(11)2-3-10/h6-7,9,12H,2-5H2,1H3. The van der Waals surface area contributed by atoms with Gasteiger partial charge in [0.25, 0.3) is 0 Å². The van der Waals surface area contributed by atoms with Gasteiger partial charge in [-0.25, -0.2) is 0 Å². The number of carbonyl (C=O) groups excluding carboxylic acids is 1. The molecule has 0 spiro atoms. The molecule has 1 rings (SSSR count). The van der Waals surface area contributed by atoms with Crippen molar-refractivity contribution in [2.24, 2.45) is 0 Å². The highest BCUT2D eigenvalue weighted by molar-refractivity contribution is 8.22. The Labute approximate surface area is 115 Å². The largest absolute Gasteiger partial charge is 0.287 e. The molecule has 0 radical (unpaired) electrons. The average molecular weight is 303 g/mol. The minimum atomic E-state index is 0.220. The molecule has 15 heavy (non-hydrogen) atoms. The van der Waals surface area contributed by atoms with Crippen LogP contribution in [-0.4, -0.2) is 37.6 Å². The SMILES string of the molecule is CC(S)C1SCC(CSC(=O)CCCl)S1. The number of carbonyl (C=O) groups is 1. The lowest BCUT2D eigenvalue weighted by atomic mass is 10.5. The molecule has 1 fully saturated rings. The Hall–Kier alpha value is 1.36. The van der Waals surface area contributed by atoms with Gasteiger partial charge in [-0.15, -0.1) is 35.1 Å². The van der Waals surface area contributed by atoms with Crippen molar-refractivity contribution < 1.29 is 4.79 Å². The molecule has 1 nitrogen and oxygen atoms in total. The van der Waals surface area contributed by atoms with Gasteiger partial charge in [0.15, 0.2) is 5.12 Å². The minimum Gasteiger partial charge on any atom is -0.287 e. The number of rotatable bonds is 5. The second kappa shape index (κ2) is 7.64. The number of thiol groups is 1. The van der Waals surface area contributed by atoms with E-state index in [9.17, 15) is 4.79 Å². The third kappa shape index (κ3) is 5.48. The summed E-state index contributed by atoms with van der Waals surface area (Å²) in [4.78, 5) is 11.3. The predicted molar refractivity (Wildman–Crippen MR) is 78.9 cm³/mol. The van der Waals surface area contributed by atoms with Crippen LogP contribution in [0, 0.1) is 0 Å². The van der Waals surface area contributed by atoms with Crippen molar-refractivity contribution >= 4 is 64.6 Å². The lowest BCUT2D eigenvalue weighted by molar-refractivity contribution is -0.110. The van der Waals surface area contributed by atoms with Crippen LogP contribution in [0.3, 0.4) is 0 Å². The summed E-state index contributed by atoms with van der Waals surface area (Å²) in [5, 5.41) is 1.24. The van der Waals surface area contributed by atoms with Gasteiger partial charge in [0.1, 0.15) is 0 Å². The van der Waals surface area contributed by atoms with Gasteiger partial charge < -0.3 is 0 Å². The molecule has 0 amide bonds. The first kappa shape index (κ1) is 14.4. The van der Waals surface area contributed by atoms with Crippen LogP contribution in [0.5, 0.6) is 0 Å². The van der Waals surface area contributed by atoms with Crippen LogP contribution in [0.2, 0.25) is 0 Å². The second-order valence-corrected chi connectivity index (χ2v) is 8.51. The molecule has 0 aliphatic carbocycles. The van der Waals surface area contributed by atoms with Gasteiger partial charge in [-0.05, 0) is 0 Å². The Morgan fingerprint density at radius 2 is 2.47 bits per heavy atom. The molecule has 0 N–H and O–H groups in total. The van der Waals surface area contributed by atoms with Crippen molar-refractivity contribution in [2.75, 3.05) is 17.4 Å². The average Bonchev–Trinajstić information content (AvgIpc) is 2.63. The molecule has 0 aromatic carbocycles. The fourth-order valence-corrected chi connectivity index (χ4v) is 6.28. The second-order valence-electron chi connectivity index (χ2n) is 3.32. The molecule has 0 aromatic rings. The highest BCUT2D eigenvalue weighted by Gasteiger charge is 2.28. The Bertz CT molecular complexity index is 212. The van der Waals surface area contributed by atoms with Gasteiger partial charge in [-0.2, -0.15) is 12.6 Å². The van der Waals surface area contributed by atoms with Gasteiger partial charge >= 0.3 is 0 Å². The Balaban J connectivity index is 2.16. The zero-order valence-electron chi connectivity index (χ0n) is 8.52. The van der Waals surface area contributed by atoms with Crippen LogP contribution in [0.1, 0.15) is 13.3 Å². The monoisotopic (exact) mass is 302 g/mol. The maximum atomic E-state index is 11.3. The van der Waals surface area contributed by atoms with E-state index in [1.165, 1.54) is 11.8 Å². The molecule has 1 aliphatic heterocycles. The van der Waals surface area contributed by atoms with Crippen molar-refractivity contribution in [1.29, 1.82) is 0 Å². The van der Waals surface area contributed by atoms with Gasteiger partial charge in [-0.3, -0.25) is 4.79 Å². The number of halogens is 1. The summed E-state index contributed by atoms with van der Waals surface area (Å²) in [6.07, 6.45) is 0.489. The van der Waals surface area contributed by atoms with Crippen molar-refractivity contribution in [3.05, 3.63) is 0 Å². The van der Waals surface area contributed by atoms with E-state index >= 15 is 0 Å². The normalized spacial score (nSPS) is 27.9. The van der Waals surface area contributed by atoms with E-state index in [-0.39, 0.29) is 5.12 Å². The van der Waals surface area contributed by atoms with Crippen molar-refractivity contribution in [1.82, 2.24) is 0 Å². The summed E-state index contributed by atoms with van der Waals surface area (Å²) >= 11 is 15.3. The Kier molecular flexibility index (Phi) is 7.35. The summed E-state index contributed by atoms with van der Waals surface area (Å²) in [5.74, 6) is 2.50. The molecule has 0 bridgehead atoms. The molecular formula is C9H15ClOS4. The van der Waals surface area contributed by atoms with E-state index in [1.54, 1.807) is 0 Å². The maximum Gasteiger partial charge on any atom is 0.190 e. The summed E-state index contributed by atoms with van der Waals surface area (Å²) in [6, 6.07) is 0. The number of thioether (sulfide) groups is 3. The van der Waals surface area contributed by atoms with Crippen LogP contribution < -0.4 is 0 Å². The van der Waals surface area contributed by atoms with Gasteiger partial charge in [0.05, 0.1) is 4.58 Å². The van der Waals surface area contributed by atoms with Gasteiger partial charge in [0.2, 0.25) is 0 Å². The van der Waals surface area contributed by atoms with Gasteiger partial charge in [-0.1, -0.05) is 18.7 Å². The highest BCUT2D eigenvalue weighted by Crippen LogP contribution is 2.42. The summed E-state index contributed by atoms with van der Waals surface area (Å²) in [6.45, 7) is 2.13. The number of alkyl halides is 1. The smallest absolute Gasteiger partial charge is 0.190 e. The summed E-state index contributed by atoms with van der Waals surface area (Å²) < 4.78 is 0.585. The third-order valence-electron chi connectivity index (χ3n) is 1.90. The number of hydrogen-bond acceptors (Lipinski definition) is 5. The molecule has 1 aliphatic rings. The lowest BCUT2D eigenvalue weighted by Gasteiger charge is -2.12. The Morgan fingerprint density at radius 1 is 1.73 bits per heavy atom. The molecule has 1 heterocycles. The highest BCUT2D eigenvalue weighted by atomic mass is 35.5. The predicted octanol–water partition coefficient (Wildman–Crippen LogP) is 3.37. The van der Waals surface area contributed by atoms with Gasteiger partial charge in [0, 0.05) is 34.3 Å². The molecule has 1 saturated heterocycles. The zero-order chi connectivity index (χ0) is 11.3. The van der Waals surface area contributed by atoms with Crippen molar-refractivity contribution in [2.45, 2.75) is 28.4 Å². The molecule has 0 saturated carbocycles. The number of hydrogen-bond donors (Lipinski definition) is 1. The van der Waals surface area contributed by atoms with Crippen LogP contribution >= 0.6 is 59.5 Å². The molecular weight excluding hydrogens is 288 g/mol. The van der Waals surface area contributed by atoms with Crippen LogP contribution in [-0.2, 0) is 4.79 Å². The van der Waals surface area contributed by atoms with Crippen LogP contribution in [0.15, 0.2) is 0 Å².